The summed E-state index contributed by atoms with van der Waals surface area (Å²) in [6.45, 7) is 4.68. The van der Waals surface area contributed by atoms with Gasteiger partial charge in [-0.3, -0.25) is 9.78 Å². The number of sulfone groups is 1. The first-order valence-electron chi connectivity index (χ1n) is 7.32. The largest absolute Gasteiger partial charge is 0.336 e. The molecule has 1 atom stereocenters. The van der Waals surface area contributed by atoms with E-state index >= 15 is 0 Å². The third-order valence-corrected chi connectivity index (χ3v) is 6.15. The Kier molecular flexibility index (Phi) is 4.98. The van der Waals surface area contributed by atoms with Crippen molar-refractivity contribution in [2.45, 2.75) is 31.9 Å². The van der Waals surface area contributed by atoms with E-state index in [2.05, 4.69) is 4.98 Å². The summed E-state index contributed by atoms with van der Waals surface area (Å²) in [6, 6.07) is 5.18. The zero-order valence-electron chi connectivity index (χ0n) is 12.5. The number of piperidine rings is 1. The van der Waals surface area contributed by atoms with E-state index in [4.69, 9.17) is 0 Å². The van der Waals surface area contributed by atoms with Crippen LogP contribution in [0, 0.1) is 5.92 Å². The number of rotatable bonds is 4. The van der Waals surface area contributed by atoms with Gasteiger partial charge in [0.1, 0.15) is 5.69 Å². The van der Waals surface area contributed by atoms with Gasteiger partial charge in [-0.05, 0) is 30.9 Å². The molecule has 1 amide bonds. The Bertz CT molecular complexity index is 584. The lowest BCUT2D eigenvalue weighted by atomic mass is 10.1. The molecule has 1 aliphatic rings. The third kappa shape index (κ3) is 4.03. The molecule has 5 nitrogen and oxygen atoms in total. The van der Waals surface area contributed by atoms with Crippen LogP contribution in [0.3, 0.4) is 0 Å². The highest BCUT2D eigenvalue weighted by Crippen LogP contribution is 2.20. The van der Waals surface area contributed by atoms with Crippen LogP contribution in [0.2, 0.25) is 0 Å². The third-order valence-electron chi connectivity index (χ3n) is 3.62. The predicted octanol–water partition coefficient (Wildman–Crippen LogP) is 1.76. The summed E-state index contributed by atoms with van der Waals surface area (Å²) in [5.74, 6) is 0.112. The second-order valence-electron chi connectivity index (χ2n) is 5.95. The number of aromatic nitrogens is 1. The Balaban J connectivity index is 2.09. The highest BCUT2D eigenvalue weighted by Gasteiger charge is 2.33. The van der Waals surface area contributed by atoms with Gasteiger partial charge < -0.3 is 4.90 Å². The molecule has 0 radical (unpaired) electrons. The minimum atomic E-state index is -3.15. The number of pyridine rings is 1. The van der Waals surface area contributed by atoms with E-state index in [0.29, 0.717) is 18.7 Å². The van der Waals surface area contributed by atoms with Crippen molar-refractivity contribution in [1.29, 1.82) is 0 Å². The Labute approximate surface area is 126 Å². The summed E-state index contributed by atoms with van der Waals surface area (Å²) in [7, 11) is -3.15. The molecule has 0 saturated carbocycles. The average Bonchev–Trinajstić information content (AvgIpc) is 2.46. The Hall–Kier alpha value is -1.43. The zero-order valence-corrected chi connectivity index (χ0v) is 13.3. The van der Waals surface area contributed by atoms with Crippen LogP contribution in [0.15, 0.2) is 24.4 Å². The van der Waals surface area contributed by atoms with Gasteiger partial charge in [-0.25, -0.2) is 8.42 Å². The van der Waals surface area contributed by atoms with E-state index in [9.17, 15) is 13.2 Å². The summed E-state index contributed by atoms with van der Waals surface area (Å²) < 4.78 is 24.7. The van der Waals surface area contributed by atoms with Crippen LogP contribution in [0.25, 0.3) is 0 Å². The lowest BCUT2D eigenvalue weighted by Gasteiger charge is -2.32. The van der Waals surface area contributed by atoms with E-state index in [0.717, 1.165) is 6.42 Å². The van der Waals surface area contributed by atoms with E-state index in [1.54, 1.807) is 29.3 Å². The molecule has 116 valence electrons. The molecule has 2 heterocycles. The number of likely N-dealkylation sites (tertiary alicyclic amines) is 1. The first-order chi connectivity index (χ1) is 9.90. The monoisotopic (exact) mass is 310 g/mol. The smallest absolute Gasteiger partial charge is 0.272 e. The predicted molar refractivity (Wildman–Crippen MR) is 81.8 cm³/mol. The molecule has 1 aromatic heterocycles. The normalized spacial score (nSPS) is 19.8. The summed E-state index contributed by atoms with van der Waals surface area (Å²) in [5.41, 5.74) is 0.374. The minimum absolute atomic E-state index is 0.108. The van der Waals surface area contributed by atoms with E-state index in [-0.39, 0.29) is 24.1 Å². The maximum absolute atomic E-state index is 12.4. The van der Waals surface area contributed by atoms with Crippen LogP contribution in [0.5, 0.6) is 0 Å². The van der Waals surface area contributed by atoms with Gasteiger partial charge in [0, 0.05) is 19.3 Å². The number of amides is 1. The van der Waals surface area contributed by atoms with E-state index in [1.807, 2.05) is 13.8 Å². The van der Waals surface area contributed by atoms with E-state index in [1.165, 1.54) is 0 Å². The molecule has 0 N–H and O–H groups in total. The second-order valence-corrected chi connectivity index (χ2v) is 8.28. The summed E-state index contributed by atoms with van der Waals surface area (Å²) in [6.07, 6.45) is 2.94. The maximum Gasteiger partial charge on any atom is 0.272 e. The van der Waals surface area contributed by atoms with Gasteiger partial charge in [0.2, 0.25) is 0 Å². The van der Waals surface area contributed by atoms with Crippen molar-refractivity contribution in [2.24, 2.45) is 5.92 Å². The topological polar surface area (TPSA) is 67.3 Å². The van der Waals surface area contributed by atoms with Crippen LogP contribution in [-0.2, 0) is 9.84 Å². The summed E-state index contributed by atoms with van der Waals surface area (Å²) in [4.78, 5) is 18.0. The summed E-state index contributed by atoms with van der Waals surface area (Å²) in [5, 5.41) is -0.443. The van der Waals surface area contributed by atoms with Crippen molar-refractivity contribution >= 4 is 15.7 Å². The molecule has 1 fully saturated rings. The highest BCUT2D eigenvalue weighted by molar-refractivity contribution is 7.92. The number of hydrogen-bond acceptors (Lipinski definition) is 4. The molecule has 0 aromatic carbocycles. The fourth-order valence-corrected chi connectivity index (χ4v) is 4.80. The molecule has 1 aliphatic heterocycles. The molecule has 0 spiro atoms. The zero-order chi connectivity index (χ0) is 15.5. The van der Waals surface area contributed by atoms with Gasteiger partial charge in [0.05, 0.1) is 11.0 Å². The first-order valence-corrected chi connectivity index (χ1v) is 9.03. The Morgan fingerprint density at radius 3 is 2.81 bits per heavy atom. The second kappa shape index (κ2) is 6.56. The molecular formula is C15H22N2O3S. The number of nitrogens with zero attached hydrogens (tertiary/aromatic N) is 2. The van der Waals surface area contributed by atoms with Crippen LogP contribution < -0.4 is 0 Å². The fourth-order valence-electron chi connectivity index (χ4n) is 2.67. The lowest BCUT2D eigenvalue weighted by molar-refractivity contribution is 0.0721. The molecule has 0 bridgehead atoms. The molecule has 6 heteroatoms. The van der Waals surface area contributed by atoms with Gasteiger partial charge in [0.25, 0.3) is 5.91 Å². The lowest BCUT2D eigenvalue weighted by Crippen LogP contribution is -2.46. The van der Waals surface area contributed by atoms with Crippen LogP contribution in [0.1, 0.15) is 37.2 Å². The van der Waals surface area contributed by atoms with Crippen LogP contribution in [-0.4, -0.2) is 48.3 Å². The molecule has 21 heavy (non-hydrogen) atoms. The molecule has 0 unspecified atom stereocenters. The minimum Gasteiger partial charge on any atom is -0.336 e. The Morgan fingerprint density at radius 2 is 2.19 bits per heavy atom. The van der Waals surface area contributed by atoms with Crippen molar-refractivity contribution in [3.8, 4) is 0 Å². The first kappa shape index (κ1) is 15.9. The van der Waals surface area contributed by atoms with Gasteiger partial charge in [-0.1, -0.05) is 19.9 Å². The van der Waals surface area contributed by atoms with Gasteiger partial charge in [-0.2, -0.15) is 0 Å². The van der Waals surface area contributed by atoms with Crippen molar-refractivity contribution in [2.75, 3.05) is 18.8 Å². The standard InChI is InChI=1S/C15H22N2O3S/c1-12(2)11-21(19,20)13-6-5-9-17(10-13)15(18)14-7-3-4-8-16-14/h3-4,7-8,12-13H,5-6,9-11H2,1-2H3/t13-/m0/s1. The number of hydrogen-bond donors (Lipinski definition) is 0. The van der Waals surface area contributed by atoms with Crippen LogP contribution >= 0.6 is 0 Å². The van der Waals surface area contributed by atoms with Crippen molar-refractivity contribution in [1.82, 2.24) is 9.88 Å². The van der Waals surface area contributed by atoms with Crippen molar-refractivity contribution < 1.29 is 13.2 Å². The van der Waals surface area contributed by atoms with Gasteiger partial charge in [-0.15, -0.1) is 0 Å². The quantitative estimate of drug-likeness (QED) is 0.850. The summed E-state index contributed by atoms with van der Waals surface area (Å²) >= 11 is 0. The van der Waals surface area contributed by atoms with E-state index < -0.39 is 15.1 Å². The molecule has 0 aliphatic carbocycles. The highest BCUT2D eigenvalue weighted by atomic mass is 32.2. The van der Waals surface area contributed by atoms with Gasteiger partial charge in [0.15, 0.2) is 9.84 Å². The SMILES string of the molecule is CC(C)CS(=O)(=O)[C@H]1CCCN(C(=O)c2ccccn2)C1. The van der Waals surface area contributed by atoms with Crippen molar-refractivity contribution in [3.05, 3.63) is 30.1 Å². The van der Waals surface area contributed by atoms with Crippen molar-refractivity contribution in [3.63, 3.8) is 0 Å². The molecular weight excluding hydrogens is 288 g/mol. The molecule has 2 rings (SSSR count). The van der Waals surface area contributed by atoms with Gasteiger partial charge >= 0.3 is 0 Å². The Morgan fingerprint density at radius 1 is 1.43 bits per heavy atom. The van der Waals surface area contributed by atoms with Crippen LogP contribution in [0.4, 0.5) is 0 Å². The molecule has 1 saturated heterocycles. The number of carbonyl (C=O) groups excluding carboxylic acids is 1. The average molecular weight is 310 g/mol. The molecule has 1 aromatic rings. The maximum atomic E-state index is 12.4. The number of carbonyl (C=O) groups is 1. The fraction of sp³-hybridized carbons (Fsp3) is 0.600.